The van der Waals surface area contributed by atoms with Crippen molar-refractivity contribution in [1.29, 1.82) is 0 Å². The highest BCUT2D eigenvalue weighted by molar-refractivity contribution is 7.10. The largest absolute Gasteiger partial charge is 0.450 e. The number of rotatable bonds is 6. The second-order valence-corrected chi connectivity index (χ2v) is 6.58. The molecule has 0 aromatic carbocycles. The number of likely N-dealkylation sites (tertiary alicyclic amines) is 1. The molecule has 6 heteroatoms. The van der Waals surface area contributed by atoms with E-state index in [9.17, 15) is 9.59 Å². The molecule has 1 fully saturated rings. The molecule has 1 aliphatic heterocycles. The first-order valence-corrected chi connectivity index (χ1v) is 8.80. The van der Waals surface area contributed by atoms with Crippen LogP contribution in [-0.2, 0) is 16.0 Å². The third-order valence-corrected chi connectivity index (χ3v) is 4.68. The van der Waals surface area contributed by atoms with Crippen LogP contribution < -0.4 is 5.32 Å². The lowest BCUT2D eigenvalue weighted by Crippen LogP contribution is -2.47. The SMILES string of the molecule is CCCCOC(=O)NC1CCN(C(=O)Cc2cccs2)CC1. The molecular formula is C16H24N2O3S. The van der Waals surface area contributed by atoms with E-state index in [1.54, 1.807) is 11.3 Å². The second-order valence-electron chi connectivity index (χ2n) is 5.55. The van der Waals surface area contributed by atoms with Crippen LogP contribution in [0.3, 0.4) is 0 Å². The van der Waals surface area contributed by atoms with Crippen molar-refractivity contribution in [2.75, 3.05) is 19.7 Å². The number of nitrogens with zero attached hydrogens (tertiary/aromatic N) is 1. The Kier molecular flexibility index (Phi) is 6.71. The summed E-state index contributed by atoms with van der Waals surface area (Å²) in [6.07, 6.45) is 3.63. The molecule has 1 aliphatic rings. The molecule has 5 nitrogen and oxygen atoms in total. The van der Waals surface area contributed by atoms with Gasteiger partial charge < -0.3 is 15.0 Å². The monoisotopic (exact) mass is 324 g/mol. The molecule has 22 heavy (non-hydrogen) atoms. The highest BCUT2D eigenvalue weighted by atomic mass is 32.1. The van der Waals surface area contributed by atoms with Gasteiger partial charge in [-0.15, -0.1) is 11.3 Å². The Morgan fingerprint density at radius 2 is 2.18 bits per heavy atom. The summed E-state index contributed by atoms with van der Waals surface area (Å²) in [5.41, 5.74) is 0. The summed E-state index contributed by atoms with van der Waals surface area (Å²) >= 11 is 1.61. The van der Waals surface area contributed by atoms with E-state index in [2.05, 4.69) is 12.2 Å². The topological polar surface area (TPSA) is 58.6 Å². The summed E-state index contributed by atoms with van der Waals surface area (Å²) in [6, 6.07) is 4.07. The van der Waals surface area contributed by atoms with E-state index in [4.69, 9.17) is 4.74 Å². The fraction of sp³-hybridized carbons (Fsp3) is 0.625. The van der Waals surface area contributed by atoms with Gasteiger partial charge in [-0.3, -0.25) is 4.79 Å². The number of thiophene rings is 1. The predicted octanol–water partition coefficient (Wildman–Crippen LogP) is 2.81. The number of hydrogen-bond acceptors (Lipinski definition) is 4. The first-order chi connectivity index (χ1) is 10.7. The van der Waals surface area contributed by atoms with E-state index < -0.39 is 0 Å². The summed E-state index contributed by atoms with van der Waals surface area (Å²) in [5, 5.41) is 4.87. The van der Waals surface area contributed by atoms with E-state index in [-0.39, 0.29) is 18.0 Å². The minimum atomic E-state index is -0.336. The fourth-order valence-electron chi connectivity index (χ4n) is 2.46. The first kappa shape index (κ1) is 16.8. The Hall–Kier alpha value is -1.56. The van der Waals surface area contributed by atoms with Gasteiger partial charge in [-0.2, -0.15) is 0 Å². The fourth-order valence-corrected chi connectivity index (χ4v) is 3.16. The third-order valence-electron chi connectivity index (χ3n) is 3.81. The quantitative estimate of drug-likeness (QED) is 0.819. The number of unbranched alkanes of at least 4 members (excludes halogenated alkanes) is 1. The number of hydrogen-bond donors (Lipinski definition) is 1. The van der Waals surface area contributed by atoms with Crippen LogP contribution in [0.15, 0.2) is 17.5 Å². The van der Waals surface area contributed by atoms with Crippen LogP contribution >= 0.6 is 11.3 Å². The summed E-state index contributed by atoms with van der Waals surface area (Å²) in [7, 11) is 0. The number of carbonyl (C=O) groups excluding carboxylic acids is 2. The van der Waals surface area contributed by atoms with Crippen molar-refractivity contribution >= 4 is 23.3 Å². The highest BCUT2D eigenvalue weighted by Crippen LogP contribution is 2.15. The molecule has 0 radical (unpaired) electrons. The average Bonchev–Trinajstić information content (AvgIpc) is 3.01. The first-order valence-electron chi connectivity index (χ1n) is 7.92. The zero-order valence-corrected chi connectivity index (χ0v) is 13.9. The molecule has 0 saturated carbocycles. The Labute approximate surface area is 135 Å². The zero-order chi connectivity index (χ0) is 15.8. The molecule has 0 atom stereocenters. The summed E-state index contributed by atoms with van der Waals surface area (Å²) in [4.78, 5) is 26.8. The van der Waals surface area contributed by atoms with E-state index >= 15 is 0 Å². The second kappa shape index (κ2) is 8.78. The van der Waals surface area contributed by atoms with E-state index in [0.29, 0.717) is 26.1 Å². The maximum absolute atomic E-state index is 12.2. The van der Waals surface area contributed by atoms with E-state index in [1.165, 1.54) is 0 Å². The van der Waals surface area contributed by atoms with E-state index in [1.807, 2.05) is 22.4 Å². The normalized spacial score (nSPS) is 15.6. The van der Waals surface area contributed by atoms with Crippen molar-refractivity contribution in [2.24, 2.45) is 0 Å². The number of amides is 2. The molecule has 1 saturated heterocycles. The van der Waals surface area contributed by atoms with Gasteiger partial charge >= 0.3 is 6.09 Å². The minimum absolute atomic E-state index is 0.111. The number of nitrogens with one attached hydrogen (secondary N) is 1. The van der Waals surface area contributed by atoms with Gasteiger partial charge in [0.05, 0.1) is 13.0 Å². The number of alkyl carbamates (subject to hydrolysis) is 1. The molecular weight excluding hydrogens is 300 g/mol. The van der Waals surface area contributed by atoms with Crippen LogP contribution in [0, 0.1) is 0 Å². The van der Waals surface area contributed by atoms with Crippen LogP contribution in [0.4, 0.5) is 4.79 Å². The Balaban J connectivity index is 1.67. The lowest BCUT2D eigenvalue weighted by Gasteiger charge is -2.32. The molecule has 0 spiro atoms. The van der Waals surface area contributed by atoms with Crippen molar-refractivity contribution in [3.05, 3.63) is 22.4 Å². The predicted molar refractivity (Wildman–Crippen MR) is 87.0 cm³/mol. The van der Waals surface area contributed by atoms with Gasteiger partial charge in [0.1, 0.15) is 0 Å². The standard InChI is InChI=1S/C16H24N2O3S/c1-2-3-10-21-16(20)17-13-6-8-18(9-7-13)15(19)12-14-5-4-11-22-14/h4-5,11,13H,2-3,6-10,12H2,1H3,(H,17,20). The molecule has 0 aliphatic carbocycles. The lowest BCUT2D eigenvalue weighted by molar-refractivity contribution is -0.131. The van der Waals surface area contributed by atoms with Gasteiger partial charge in [0.15, 0.2) is 0 Å². The Morgan fingerprint density at radius 3 is 2.82 bits per heavy atom. The Bertz CT molecular complexity index is 468. The molecule has 2 amide bonds. The summed E-state index contributed by atoms with van der Waals surface area (Å²) in [5.74, 6) is 0.173. The van der Waals surface area contributed by atoms with Crippen LogP contribution in [-0.4, -0.2) is 42.6 Å². The van der Waals surface area contributed by atoms with Crippen molar-refractivity contribution in [3.63, 3.8) is 0 Å². The summed E-state index contributed by atoms with van der Waals surface area (Å²) in [6.45, 7) is 3.93. The summed E-state index contributed by atoms with van der Waals surface area (Å²) < 4.78 is 5.10. The number of carbonyl (C=O) groups is 2. The maximum Gasteiger partial charge on any atom is 0.407 e. The average molecular weight is 324 g/mol. The van der Waals surface area contributed by atoms with Crippen molar-refractivity contribution in [2.45, 2.75) is 45.1 Å². The smallest absolute Gasteiger partial charge is 0.407 e. The molecule has 1 aromatic heterocycles. The van der Waals surface area contributed by atoms with Gasteiger partial charge in [0.25, 0.3) is 0 Å². The van der Waals surface area contributed by atoms with Gasteiger partial charge in [-0.05, 0) is 30.7 Å². The Morgan fingerprint density at radius 1 is 1.41 bits per heavy atom. The van der Waals surface area contributed by atoms with Gasteiger partial charge in [0, 0.05) is 24.0 Å². The molecule has 2 heterocycles. The molecule has 0 bridgehead atoms. The highest BCUT2D eigenvalue weighted by Gasteiger charge is 2.24. The number of piperidine rings is 1. The molecule has 1 aromatic rings. The zero-order valence-electron chi connectivity index (χ0n) is 13.0. The molecule has 2 rings (SSSR count). The van der Waals surface area contributed by atoms with Crippen molar-refractivity contribution in [3.8, 4) is 0 Å². The van der Waals surface area contributed by atoms with E-state index in [0.717, 1.165) is 30.6 Å². The van der Waals surface area contributed by atoms with Gasteiger partial charge in [-0.25, -0.2) is 4.79 Å². The van der Waals surface area contributed by atoms with Crippen LogP contribution in [0.2, 0.25) is 0 Å². The van der Waals surface area contributed by atoms with Crippen LogP contribution in [0.1, 0.15) is 37.5 Å². The maximum atomic E-state index is 12.2. The van der Waals surface area contributed by atoms with Crippen molar-refractivity contribution < 1.29 is 14.3 Å². The number of ether oxygens (including phenoxy) is 1. The van der Waals surface area contributed by atoms with Crippen molar-refractivity contribution in [1.82, 2.24) is 10.2 Å². The van der Waals surface area contributed by atoms with Crippen LogP contribution in [0.5, 0.6) is 0 Å². The van der Waals surface area contributed by atoms with Gasteiger partial charge in [-0.1, -0.05) is 19.4 Å². The van der Waals surface area contributed by atoms with Crippen LogP contribution in [0.25, 0.3) is 0 Å². The molecule has 122 valence electrons. The molecule has 0 unspecified atom stereocenters. The minimum Gasteiger partial charge on any atom is -0.450 e. The third kappa shape index (κ3) is 5.33. The molecule has 1 N–H and O–H groups in total. The lowest BCUT2D eigenvalue weighted by atomic mass is 10.0. The van der Waals surface area contributed by atoms with Gasteiger partial charge in [0.2, 0.25) is 5.91 Å².